The van der Waals surface area contributed by atoms with Crippen molar-refractivity contribution in [3.8, 4) is 0 Å². The molecule has 136 valence electrons. The van der Waals surface area contributed by atoms with Crippen LogP contribution in [-0.4, -0.2) is 34.5 Å². The van der Waals surface area contributed by atoms with E-state index in [0.29, 0.717) is 10.8 Å². The lowest BCUT2D eigenvalue weighted by Crippen LogP contribution is -2.47. The highest BCUT2D eigenvalue weighted by atomic mass is 16.2. The highest BCUT2D eigenvalue weighted by Gasteiger charge is 2.22. The number of hydrogen-bond donors (Lipinski definition) is 4. The van der Waals surface area contributed by atoms with Gasteiger partial charge in [-0.2, -0.15) is 5.10 Å². The summed E-state index contributed by atoms with van der Waals surface area (Å²) in [6.07, 6.45) is 3.74. The molecule has 0 radical (unpaired) electrons. The van der Waals surface area contributed by atoms with Crippen molar-refractivity contribution >= 4 is 28.5 Å². The molecule has 2 aromatic rings. The molecule has 1 aliphatic carbocycles. The Morgan fingerprint density at radius 3 is 2.50 bits per heavy atom. The first kappa shape index (κ1) is 17.6. The highest BCUT2D eigenvalue weighted by molar-refractivity contribution is 6.05. The number of fused-ring (bicyclic) bond motifs is 1. The maximum absolute atomic E-state index is 12.2. The SMILES string of the molecule is O=C(CNC(=O)C1CCCC1)NNC(=O)c1n[nH]c(=O)c2ccccc12. The number of nitrogens with one attached hydrogen (secondary N) is 4. The van der Waals surface area contributed by atoms with Crippen LogP contribution in [0.25, 0.3) is 10.8 Å². The molecule has 9 heteroatoms. The van der Waals surface area contributed by atoms with Gasteiger partial charge in [-0.1, -0.05) is 31.0 Å². The lowest BCUT2D eigenvalue weighted by molar-refractivity contribution is -0.128. The molecule has 1 aromatic heterocycles. The Hall–Kier alpha value is -3.23. The molecule has 1 fully saturated rings. The normalized spacial score (nSPS) is 14.2. The summed E-state index contributed by atoms with van der Waals surface area (Å²) in [4.78, 5) is 47.6. The van der Waals surface area contributed by atoms with E-state index in [1.807, 2.05) is 0 Å². The molecule has 0 saturated heterocycles. The summed E-state index contributed by atoms with van der Waals surface area (Å²) in [5.74, 6) is -1.40. The van der Waals surface area contributed by atoms with Crippen LogP contribution in [0.2, 0.25) is 0 Å². The molecule has 3 amide bonds. The Bertz CT molecular complexity index is 901. The Morgan fingerprint density at radius 2 is 1.77 bits per heavy atom. The Balaban J connectivity index is 1.55. The number of hydrazine groups is 1. The molecule has 0 bridgehead atoms. The van der Waals surface area contributed by atoms with Gasteiger partial charge in [0.15, 0.2) is 5.69 Å². The summed E-state index contributed by atoms with van der Waals surface area (Å²) < 4.78 is 0. The molecule has 4 N–H and O–H groups in total. The number of aromatic amines is 1. The predicted molar refractivity (Wildman–Crippen MR) is 92.9 cm³/mol. The predicted octanol–water partition coefficient (Wildman–Crippen LogP) is -0.00950. The Morgan fingerprint density at radius 1 is 1.08 bits per heavy atom. The van der Waals surface area contributed by atoms with E-state index in [-0.39, 0.29) is 24.1 Å². The van der Waals surface area contributed by atoms with Gasteiger partial charge in [0.1, 0.15) is 0 Å². The molecule has 0 unspecified atom stereocenters. The molecule has 26 heavy (non-hydrogen) atoms. The van der Waals surface area contributed by atoms with Crippen molar-refractivity contribution < 1.29 is 14.4 Å². The largest absolute Gasteiger partial charge is 0.347 e. The first-order valence-corrected chi connectivity index (χ1v) is 8.40. The van der Waals surface area contributed by atoms with E-state index in [4.69, 9.17) is 0 Å². The van der Waals surface area contributed by atoms with Crippen molar-refractivity contribution in [2.45, 2.75) is 25.7 Å². The van der Waals surface area contributed by atoms with Crippen LogP contribution < -0.4 is 21.7 Å². The van der Waals surface area contributed by atoms with Gasteiger partial charge in [-0.15, -0.1) is 0 Å². The van der Waals surface area contributed by atoms with Gasteiger partial charge in [-0.05, 0) is 18.9 Å². The van der Waals surface area contributed by atoms with E-state index >= 15 is 0 Å². The molecule has 3 rings (SSSR count). The quantitative estimate of drug-likeness (QED) is 0.571. The van der Waals surface area contributed by atoms with E-state index in [1.54, 1.807) is 24.3 Å². The number of carbonyl (C=O) groups excluding carboxylic acids is 3. The van der Waals surface area contributed by atoms with Gasteiger partial charge in [-0.25, -0.2) is 5.10 Å². The maximum atomic E-state index is 12.2. The molecule has 0 spiro atoms. The van der Waals surface area contributed by atoms with E-state index in [1.165, 1.54) is 0 Å². The molecule has 9 nitrogen and oxygen atoms in total. The fraction of sp³-hybridized carbons (Fsp3) is 0.353. The van der Waals surface area contributed by atoms with Crippen molar-refractivity contribution in [2.75, 3.05) is 6.54 Å². The number of carbonyl (C=O) groups is 3. The van der Waals surface area contributed by atoms with E-state index in [9.17, 15) is 19.2 Å². The van der Waals surface area contributed by atoms with Crippen molar-refractivity contribution in [3.63, 3.8) is 0 Å². The standard InChI is InChI=1S/C17H19N5O4/c23-13(9-18-15(24)10-5-1-2-6-10)19-22-17(26)14-11-7-3-4-8-12(11)16(25)21-20-14/h3-4,7-8,10H,1-2,5-6,9H2,(H,18,24)(H,19,23)(H,21,25)(H,22,26). The van der Waals surface area contributed by atoms with Gasteiger partial charge in [0, 0.05) is 11.3 Å². The lowest BCUT2D eigenvalue weighted by Gasteiger charge is -2.11. The number of benzene rings is 1. The average molecular weight is 357 g/mol. The van der Waals surface area contributed by atoms with Gasteiger partial charge in [-0.3, -0.25) is 30.0 Å². The molecular formula is C17H19N5O4. The van der Waals surface area contributed by atoms with Crippen LogP contribution in [0.4, 0.5) is 0 Å². The fourth-order valence-electron chi connectivity index (χ4n) is 3.02. The summed E-state index contributed by atoms with van der Waals surface area (Å²) in [6.45, 7) is -0.227. The van der Waals surface area contributed by atoms with Crippen LogP contribution in [0.1, 0.15) is 36.2 Å². The number of rotatable bonds is 4. The highest BCUT2D eigenvalue weighted by Crippen LogP contribution is 2.24. The molecule has 0 aliphatic heterocycles. The average Bonchev–Trinajstić information content (AvgIpc) is 3.19. The summed E-state index contributed by atoms with van der Waals surface area (Å²) in [7, 11) is 0. The molecule has 1 aromatic carbocycles. The molecular weight excluding hydrogens is 338 g/mol. The van der Waals surface area contributed by atoms with Crippen LogP contribution in [0.5, 0.6) is 0 Å². The van der Waals surface area contributed by atoms with Crippen molar-refractivity contribution in [1.29, 1.82) is 0 Å². The van der Waals surface area contributed by atoms with Gasteiger partial charge in [0.05, 0.1) is 11.9 Å². The van der Waals surface area contributed by atoms with Crippen molar-refractivity contribution in [2.24, 2.45) is 5.92 Å². The first-order valence-electron chi connectivity index (χ1n) is 8.40. The number of H-pyrrole nitrogens is 1. The van der Waals surface area contributed by atoms with Gasteiger partial charge >= 0.3 is 0 Å². The number of aromatic nitrogens is 2. The lowest BCUT2D eigenvalue weighted by atomic mass is 10.1. The van der Waals surface area contributed by atoms with E-state index < -0.39 is 17.4 Å². The van der Waals surface area contributed by atoms with Crippen LogP contribution in [0.3, 0.4) is 0 Å². The van der Waals surface area contributed by atoms with Crippen LogP contribution >= 0.6 is 0 Å². The van der Waals surface area contributed by atoms with Crippen LogP contribution in [-0.2, 0) is 9.59 Å². The second-order valence-electron chi connectivity index (χ2n) is 6.15. The van der Waals surface area contributed by atoms with Crippen LogP contribution in [0.15, 0.2) is 29.1 Å². The zero-order chi connectivity index (χ0) is 18.5. The molecule has 1 saturated carbocycles. The first-order chi connectivity index (χ1) is 12.6. The van der Waals surface area contributed by atoms with Crippen molar-refractivity contribution in [1.82, 2.24) is 26.4 Å². The van der Waals surface area contributed by atoms with Crippen LogP contribution in [0, 0.1) is 5.92 Å². The van der Waals surface area contributed by atoms with Gasteiger partial charge < -0.3 is 5.32 Å². The monoisotopic (exact) mass is 357 g/mol. The third-order valence-corrected chi connectivity index (χ3v) is 4.38. The summed E-state index contributed by atoms with van der Waals surface area (Å²) in [6, 6.07) is 6.52. The second kappa shape index (κ2) is 7.77. The van der Waals surface area contributed by atoms with Gasteiger partial charge in [0.25, 0.3) is 17.4 Å². The second-order valence-corrected chi connectivity index (χ2v) is 6.15. The molecule has 1 heterocycles. The Kier molecular flexibility index (Phi) is 5.26. The smallest absolute Gasteiger partial charge is 0.290 e. The molecule has 1 aliphatic rings. The summed E-state index contributed by atoms with van der Waals surface area (Å²) in [5, 5.41) is 9.24. The van der Waals surface area contributed by atoms with Gasteiger partial charge in [0.2, 0.25) is 5.91 Å². The topological polar surface area (TPSA) is 133 Å². The summed E-state index contributed by atoms with van der Waals surface area (Å²) >= 11 is 0. The van der Waals surface area contributed by atoms with E-state index in [2.05, 4.69) is 26.4 Å². The van der Waals surface area contributed by atoms with Crippen molar-refractivity contribution in [3.05, 3.63) is 40.3 Å². The minimum atomic E-state index is -0.673. The Labute approximate surface area is 148 Å². The number of hydrogen-bond acceptors (Lipinski definition) is 5. The third kappa shape index (κ3) is 3.88. The maximum Gasteiger partial charge on any atom is 0.290 e. The summed E-state index contributed by atoms with van der Waals surface area (Å²) in [5.41, 5.74) is 4.03. The minimum absolute atomic E-state index is 0.0181. The zero-order valence-electron chi connectivity index (χ0n) is 14.0. The number of nitrogens with zero attached hydrogens (tertiary/aromatic N) is 1. The van der Waals surface area contributed by atoms with E-state index in [0.717, 1.165) is 25.7 Å². The zero-order valence-corrected chi connectivity index (χ0v) is 14.0. The minimum Gasteiger partial charge on any atom is -0.347 e. The fourth-order valence-corrected chi connectivity index (χ4v) is 3.02. The third-order valence-electron chi connectivity index (χ3n) is 4.38. The molecule has 0 atom stereocenters. The number of amides is 3.